The third-order valence-corrected chi connectivity index (χ3v) is 5.79. The van der Waals surface area contributed by atoms with Gasteiger partial charge in [-0.1, -0.05) is 17.7 Å². The first-order valence-electron chi connectivity index (χ1n) is 10.4. The van der Waals surface area contributed by atoms with Crippen LogP contribution in [-0.4, -0.2) is 17.5 Å². The van der Waals surface area contributed by atoms with Gasteiger partial charge in [-0.3, -0.25) is 4.79 Å². The highest BCUT2D eigenvalue weighted by atomic mass is 35.5. The summed E-state index contributed by atoms with van der Waals surface area (Å²) >= 11 is 5.90. The lowest BCUT2D eigenvalue weighted by molar-refractivity contribution is -0.112. The van der Waals surface area contributed by atoms with Crippen LogP contribution in [0.1, 0.15) is 51.3 Å². The van der Waals surface area contributed by atoms with Crippen molar-refractivity contribution in [3.05, 3.63) is 69.8 Å². The predicted molar refractivity (Wildman–Crippen MR) is 130 cm³/mol. The molecular weight excluding hydrogens is 406 g/mol. The molecular formula is C26H28ClN3O. The van der Waals surface area contributed by atoms with Gasteiger partial charge >= 0.3 is 0 Å². The van der Waals surface area contributed by atoms with E-state index < -0.39 is 5.91 Å². The van der Waals surface area contributed by atoms with Crippen molar-refractivity contribution >= 4 is 40.5 Å². The van der Waals surface area contributed by atoms with E-state index in [2.05, 4.69) is 63.0 Å². The summed E-state index contributed by atoms with van der Waals surface area (Å²) in [6.07, 6.45) is 3.93. The molecule has 0 saturated carbocycles. The highest BCUT2D eigenvalue weighted by molar-refractivity contribution is 6.30. The van der Waals surface area contributed by atoms with Crippen molar-refractivity contribution in [3.63, 3.8) is 0 Å². The van der Waals surface area contributed by atoms with E-state index in [0.29, 0.717) is 16.8 Å². The molecule has 31 heavy (non-hydrogen) atoms. The molecule has 0 radical (unpaired) electrons. The number of aryl methyl sites for hydroxylation is 1. The molecule has 0 unspecified atom stereocenters. The minimum Gasteiger partial charge on any atom is -0.360 e. The Morgan fingerprint density at radius 1 is 1.19 bits per heavy atom. The fourth-order valence-electron chi connectivity index (χ4n) is 4.35. The number of anilines is 2. The fraction of sp³-hybridized carbons (Fsp3) is 0.308. The zero-order valence-electron chi connectivity index (χ0n) is 18.9. The average Bonchev–Trinajstić information content (AvgIpc) is 2.67. The molecule has 160 valence electrons. The van der Waals surface area contributed by atoms with Crippen LogP contribution < -0.4 is 10.2 Å². The number of carbonyl (C=O) groups excluding carboxylic acids is 1. The molecule has 0 atom stereocenters. The highest BCUT2D eigenvalue weighted by Gasteiger charge is 2.33. The summed E-state index contributed by atoms with van der Waals surface area (Å²) in [4.78, 5) is 15.1. The second-order valence-corrected chi connectivity index (χ2v) is 9.24. The van der Waals surface area contributed by atoms with E-state index in [0.717, 1.165) is 16.7 Å². The molecule has 0 saturated heterocycles. The van der Waals surface area contributed by atoms with E-state index in [4.69, 9.17) is 11.6 Å². The summed E-state index contributed by atoms with van der Waals surface area (Å²) in [5.74, 6) is -0.445. The highest BCUT2D eigenvalue weighted by Crippen LogP contribution is 2.41. The van der Waals surface area contributed by atoms with Crippen molar-refractivity contribution in [1.82, 2.24) is 0 Å². The number of halogens is 1. The van der Waals surface area contributed by atoms with Crippen LogP contribution in [0.4, 0.5) is 11.4 Å². The number of nitriles is 1. The van der Waals surface area contributed by atoms with Gasteiger partial charge in [0.25, 0.3) is 5.91 Å². The zero-order chi connectivity index (χ0) is 22.9. The third-order valence-electron chi connectivity index (χ3n) is 5.54. The molecule has 0 bridgehead atoms. The number of hydrogen-bond donors (Lipinski definition) is 1. The van der Waals surface area contributed by atoms with Gasteiger partial charge in [0, 0.05) is 28.0 Å². The fourth-order valence-corrected chi connectivity index (χ4v) is 4.47. The van der Waals surface area contributed by atoms with E-state index >= 15 is 0 Å². The minimum atomic E-state index is -0.445. The smallest absolute Gasteiger partial charge is 0.266 e. The maximum Gasteiger partial charge on any atom is 0.266 e. The van der Waals surface area contributed by atoms with Crippen molar-refractivity contribution in [2.45, 2.75) is 53.1 Å². The second kappa shape index (κ2) is 8.61. The monoisotopic (exact) mass is 433 g/mol. The molecule has 0 aromatic heterocycles. The largest absolute Gasteiger partial charge is 0.360 e. The quantitative estimate of drug-likeness (QED) is 0.436. The Kier molecular flexibility index (Phi) is 6.29. The van der Waals surface area contributed by atoms with E-state index in [9.17, 15) is 10.1 Å². The number of fused-ring (bicyclic) bond motifs is 1. The van der Waals surface area contributed by atoms with Crippen LogP contribution in [0.5, 0.6) is 0 Å². The molecule has 1 aliphatic heterocycles. The van der Waals surface area contributed by atoms with Gasteiger partial charge in [0.05, 0.1) is 5.54 Å². The van der Waals surface area contributed by atoms with Crippen molar-refractivity contribution < 1.29 is 4.79 Å². The Hall–Kier alpha value is -3.03. The normalized spacial score (nSPS) is 15.3. The molecule has 1 amide bonds. The van der Waals surface area contributed by atoms with Crippen molar-refractivity contribution in [1.29, 1.82) is 5.26 Å². The first-order valence-corrected chi connectivity index (χ1v) is 10.7. The Bertz CT molecular complexity index is 1120. The molecule has 2 aromatic carbocycles. The van der Waals surface area contributed by atoms with E-state index in [1.165, 1.54) is 11.3 Å². The average molecular weight is 434 g/mol. The van der Waals surface area contributed by atoms with Crippen molar-refractivity contribution in [3.8, 4) is 6.07 Å². The first kappa shape index (κ1) is 22.7. The molecule has 5 heteroatoms. The van der Waals surface area contributed by atoms with Gasteiger partial charge in [-0.2, -0.15) is 5.26 Å². The number of amides is 1. The Labute approximate surface area is 189 Å². The van der Waals surface area contributed by atoms with Crippen LogP contribution in [0, 0.1) is 18.3 Å². The number of nitrogens with zero attached hydrogens (tertiary/aromatic N) is 2. The van der Waals surface area contributed by atoms with Crippen LogP contribution in [0.15, 0.2) is 48.0 Å². The number of allylic oxidation sites excluding steroid dienone is 1. The number of benzene rings is 2. The summed E-state index contributed by atoms with van der Waals surface area (Å²) in [5.41, 5.74) is 5.92. The summed E-state index contributed by atoms with van der Waals surface area (Å²) in [5, 5.41) is 13.0. The topological polar surface area (TPSA) is 56.1 Å². The molecule has 0 aliphatic carbocycles. The predicted octanol–water partition coefficient (Wildman–Crippen LogP) is 6.60. The lowest BCUT2D eigenvalue weighted by Gasteiger charge is -2.46. The van der Waals surface area contributed by atoms with Gasteiger partial charge in [-0.05, 0) is 101 Å². The number of carbonyl (C=O) groups is 1. The van der Waals surface area contributed by atoms with Gasteiger partial charge in [-0.25, -0.2) is 0 Å². The maximum atomic E-state index is 12.7. The summed E-state index contributed by atoms with van der Waals surface area (Å²) in [7, 11) is 0. The van der Waals surface area contributed by atoms with Crippen molar-refractivity contribution in [2.75, 3.05) is 10.2 Å². The molecule has 0 spiro atoms. The third kappa shape index (κ3) is 4.68. The number of nitrogens with one attached hydrogen (secondary N) is 1. The lowest BCUT2D eigenvalue weighted by Crippen LogP contribution is -2.49. The molecule has 4 nitrogen and oxygen atoms in total. The molecule has 1 heterocycles. The molecule has 1 aliphatic rings. The van der Waals surface area contributed by atoms with E-state index in [1.54, 1.807) is 30.3 Å². The number of hydrogen-bond acceptors (Lipinski definition) is 3. The second-order valence-electron chi connectivity index (χ2n) is 8.80. The van der Waals surface area contributed by atoms with Crippen LogP contribution in [0.3, 0.4) is 0 Å². The van der Waals surface area contributed by atoms with Gasteiger partial charge in [0.1, 0.15) is 11.6 Å². The molecule has 3 rings (SSSR count). The summed E-state index contributed by atoms with van der Waals surface area (Å²) in [6.45, 7) is 12.9. The van der Waals surface area contributed by atoms with Crippen LogP contribution in [0.2, 0.25) is 5.02 Å². The van der Waals surface area contributed by atoms with Crippen LogP contribution >= 0.6 is 11.6 Å². The molecule has 2 aromatic rings. The van der Waals surface area contributed by atoms with Gasteiger partial charge in [0.2, 0.25) is 0 Å². The molecule has 1 N–H and O–H groups in total. The lowest BCUT2D eigenvalue weighted by atomic mass is 9.85. The summed E-state index contributed by atoms with van der Waals surface area (Å²) < 4.78 is 0. The number of rotatable bonds is 4. The van der Waals surface area contributed by atoms with Crippen LogP contribution in [-0.2, 0) is 4.79 Å². The van der Waals surface area contributed by atoms with Gasteiger partial charge in [-0.15, -0.1) is 0 Å². The van der Waals surface area contributed by atoms with E-state index in [-0.39, 0.29) is 11.1 Å². The zero-order valence-corrected chi connectivity index (χ0v) is 19.6. The van der Waals surface area contributed by atoms with E-state index in [1.807, 2.05) is 13.0 Å². The standard InChI is InChI=1S/C26H28ClN3O/c1-16(2)30-24-11-17(3)19(13-23(24)18(4)14-26(30,5)6)12-20(15-28)25(31)29-22-9-7-21(27)8-10-22/h7-14,16H,1-6H3,(H,29,31)/b20-12-. The Morgan fingerprint density at radius 2 is 1.84 bits per heavy atom. The van der Waals surface area contributed by atoms with Crippen molar-refractivity contribution in [2.24, 2.45) is 0 Å². The Morgan fingerprint density at radius 3 is 2.42 bits per heavy atom. The van der Waals surface area contributed by atoms with Gasteiger partial charge < -0.3 is 10.2 Å². The SMILES string of the molecule is CC1=CC(C)(C)N(C(C)C)c2cc(C)c(/C=C(/C#N)C(=O)Nc3ccc(Cl)cc3)cc21. The Balaban J connectivity index is 2.00. The first-order chi connectivity index (χ1) is 14.5. The van der Waals surface area contributed by atoms with Gasteiger partial charge in [0.15, 0.2) is 0 Å². The molecule has 0 fully saturated rings. The maximum absolute atomic E-state index is 12.7. The summed E-state index contributed by atoms with van der Waals surface area (Å²) in [6, 6.07) is 13.4. The minimum absolute atomic E-state index is 0.0523. The van der Waals surface area contributed by atoms with Crippen LogP contribution in [0.25, 0.3) is 11.6 Å².